The first-order chi connectivity index (χ1) is 9.41. The molecule has 1 saturated heterocycles. The molecule has 2 rings (SSSR count). The maximum Gasteiger partial charge on any atom is 0.528 e. The van der Waals surface area contributed by atoms with E-state index in [1.807, 2.05) is 32.9 Å². The van der Waals surface area contributed by atoms with E-state index < -0.39 is 5.60 Å². The monoisotopic (exact) mass is 295 g/mol. The maximum atomic E-state index is 12.7. The number of pyridine rings is 1. The van der Waals surface area contributed by atoms with Gasteiger partial charge in [-0.25, -0.2) is 0 Å². The number of likely N-dealkylation sites (tertiary alicyclic amines) is 1. The number of hydrogen-bond acceptors (Lipinski definition) is 4. The van der Waals surface area contributed by atoms with Crippen LogP contribution in [-0.4, -0.2) is 33.7 Å². The Hall–Kier alpha value is -1.07. The van der Waals surface area contributed by atoms with Gasteiger partial charge in [-0.2, -0.15) is 8.68 Å². The quantitative estimate of drug-likeness (QED) is 0.610. The summed E-state index contributed by atoms with van der Waals surface area (Å²) in [5.41, 5.74) is -0.446. The molecular weight excluding hydrogens is 272 g/mol. The van der Waals surface area contributed by atoms with E-state index in [2.05, 4.69) is 4.98 Å². The van der Waals surface area contributed by atoms with Crippen LogP contribution in [0.5, 0.6) is 0 Å². The molecule has 1 amide bonds. The molecule has 0 saturated carbocycles. The molecular formula is C15H23N2O2S+. The Labute approximate surface area is 125 Å². The molecule has 0 N–H and O–H groups in total. The minimum Gasteiger partial charge on any atom is -0.414 e. The molecule has 20 heavy (non-hydrogen) atoms. The van der Waals surface area contributed by atoms with Crippen molar-refractivity contribution in [2.45, 2.75) is 50.5 Å². The Morgan fingerprint density at radius 3 is 2.35 bits per heavy atom. The fourth-order valence-corrected chi connectivity index (χ4v) is 3.48. The molecule has 0 radical (unpaired) electrons. The van der Waals surface area contributed by atoms with Crippen LogP contribution in [-0.2, 0) is 4.74 Å². The third kappa shape index (κ3) is 3.96. The largest absolute Gasteiger partial charge is 0.528 e. The molecule has 4 nitrogen and oxygen atoms in total. The number of hydrogen-bond donors (Lipinski definition) is 0. The molecule has 2 heterocycles. The van der Waals surface area contributed by atoms with Crippen LogP contribution in [0.2, 0.25) is 0 Å². The number of ether oxygens (including phenoxy) is 1. The Morgan fingerprint density at radius 2 is 1.80 bits per heavy atom. The zero-order valence-electron chi connectivity index (χ0n) is 12.5. The van der Waals surface area contributed by atoms with Gasteiger partial charge in [-0.05, 0) is 52.2 Å². The van der Waals surface area contributed by atoms with Crippen molar-refractivity contribution in [2.75, 3.05) is 13.1 Å². The highest BCUT2D eigenvalue weighted by molar-refractivity contribution is 7.94. The van der Waals surface area contributed by atoms with Gasteiger partial charge in [0.1, 0.15) is 30.6 Å². The minimum absolute atomic E-state index is 0.126. The lowest BCUT2D eigenvalue weighted by atomic mass is 10.1. The first kappa shape index (κ1) is 15.3. The van der Waals surface area contributed by atoms with Crippen LogP contribution in [0.3, 0.4) is 0 Å². The highest BCUT2D eigenvalue weighted by Gasteiger charge is 2.44. The van der Waals surface area contributed by atoms with Crippen LogP contribution in [0.1, 0.15) is 40.0 Å². The molecule has 1 aromatic heterocycles. The Kier molecular flexibility index (Phi) is 4.70. The van der Waals surface area contributed by atoms with Crippen molar-refractivity contribution in [3.63, 3.8) is 0 Å². The number of amides is 1. The van der Waals surface area contributed by atoms with Crippen LogP contribution in [0, 0.1) is 0 Å². The lowest BCUT2D eigenvalue weighted by Crippen LogP contribution is -2.52. The summed E-state index contributed by atoms with van der Waals surface area (Å²) in [6.45, 7) is 7.43. The van der Waals surface area contributed by atoms with E-state index in [0.29, 0.717) is 3.89 Å². The second-order valence-corrected chi connectivity index (χ2v) is 7.50. The highest BCUT2D eigenvalue weighted by atomic mass is 32.2. The van der Waals surface area contributed by atoms with Gasteiger partial charge < -0.3 is 4.74 Å². The molecule has 0 atom stereocenters. The summed E-state index contributed by atoms with van der Waals surface area (Å²) in [6.07, 6.45) is 6.73. The number of carbonyl (C=O) groups is 1. The van der Waals surface area contributed by atoms with E-state index in [0.717, 1.165) is 30.8 Å². The van der Waals surface area contributed by atoms with Gasteiger partial charge in [0.2, 0.25) is 0 Å². The topological polar surface area (TPSA) is 39.2 Å². The Balaban J connectivity index is 2.19. The fraction of sp³-hybridized carbons (Fsp3) is 0.600. The predicted molar refractivity (Wildman–Crippen MR) is 80.2 cm³/mol. The van der Waals surface area contributed by atoms with Crippen LogP contribution in [0.4, 0.5) is 4.79 Å². The number of carbonyl (C=O) groups excluding carboxylic acids is 1. The average Bonchev–Trinajstić information content (AvgIpc) is 2.39. The molecule has 1 fully saturated rings. The third-order valence-corrected chi connectivity index (χ3v) is 4.54. The lowest BCUT2D eigenvalue weighted by molar-refractivity contribution is -0.727. The average molecular weight is 295 g/mol. The van der Waals surface area contributed by atoms with E-state index in [1.165, 1.54) is 6.42 Å². The fourth-order valence-electron chi connectivity index (χ4n) is 2.28. The predicted octanol–water partition coefficient (Wildman–Crippen LogP) is 4.02. The zero-order chi connectivity index (χ0) is 14.6. The molecule has 0 unspecified atom stereocenters. The van der Waals surface area contributed by atoms with Gasteiger partial charge >= 0.3 is 6.09 Å². The first-order valence-electron chi connectivity index (χ1n) is 7.12. The number of quaternary nitrogens is 1. The van der Waals surface area contributed by atoms with Crippen LogP contribution in [0.15, 0.2) is 29.4 Å². The standard InChI is InChI=1S/C15H23N2O2S/c1-15(2,3)19-14(18)17(11-5-4-6-12-17)20-13-7-9-16-10-8-13/h7-10H,4-6,11-12H2,1-3H3/q+1. The molecule has 5 heteroatoms. The first-order valence-corrected chi connectivity index (χ1v) is 7.89. The molecule has 1 aromatic rings. The smallest absolute Gasteiger partial charge is 0.414 e. The number of piperidine rings is 1. The van der Waals surface area contributed by atoms with E-state index in [4.69, 9.17) is 4.74 Å². The molecule has 1 aliphatic rings. The van der Waals surface area contributed by atoms with Crippen molar-refractivity contribution in [1.29, 1.82) is 0 Å². The van der Waals surface area contributed by atoms with E-state index in [-0.39, 0.29) is 6.09 Å². The molecule has 0 aromatic carbocycles. The second-order valence-electron chi connectivity index (χ2n) is 6.15. The van der Waals surface area contributed by atoms with Crippen molar-refractivity contribution >= 4 is 18.0 Å². The van der Waals surface area contributed by atoms with Crippen molar-refractivity contribution in [1.82, 2.24) is 4.98 Å². The summed E-state index contributed by atoms with van der Waals surface area (Å²) < 4.78 is 5.98. The summed E-state index contributed by atoms with van der Waals surface area (Å²) in [5, 5.41) is 0. The van der Waals surface area contributed by atoms with Crippen molar-refractivity contribution in [2.24, 2.45) is 0 Å². The van der Waals surface area contributed by atoms with E-state index in [9.17, 15) is 4.79 Å². The molecule has 0 spiro atoms. The number of aromatic nitrogens is 1. The molecule has 0 bridgehead atoms. The van der Waals surface area contributed by atoms with Crippen LogP contribution in [0.25, 0.3) is 0 Å². The van der Waals surface area contributed by atoms with Gasteiger partial charge in [-0.1, -0.05) is 0 Å². The highest BCUT2D eigenvalue weighted by Crippen LogP contribution is 2.36. The van der Waals surface area contributed by atoms with E-state index in [1.54, 1.807) is 24.3 Å². The summed E-state index contributed by atoms with van der Waals surface area (Å²) in [4.78, 5) is 17.7. The molecule has 1 aliphatic heterocycles. The summed E-state index contributed by atoms with van der Waals surface area (Å²) >= 11 is 1.58. The minimum atomic E-state index is -0.446. The number of nitrogens with zero attached hydrogens (tertiary/aromatic N) is 2. The van der Waals surface area contributed by atoms with Gasteiger partial charge in [0.15, 0.2) is 0 Å². The van der Waals surface area contributed by atoms with Gasteiger partial charge in [0, 0.05) is 12.4 Å². The van der Waals surface area contributed by atoms with Crippen molar-refractivity contribution < 1.29 is 13.4 Å². The normalized spacial score (nSPS) is 18.6. The van der Waals surface area contributed by atoms with Gasteiger partial charge in [0.25, 0.3) is 0 Å². The molecule has 0 aliphatic carbocycles. The van der Waals surface area contributed by atoms with Crippen LogP contribution >= 0.6 is 11.9 Å². The van der Waals surface area contributed by atoms with Gasteiger partial charge in [-0.15, -0.1) is 0 Å². The Bertz CT molecular complexity index is 451. The SMILES string of the molecule is CC(C)(C)OC(=O)[N+]1(Sc2ccncc2)CCCCC1. The second kappa shape index (κ2) is 6.14. The number of rotatable bonds is 2. The van der Waals surface area contributed by atoms with Crippen LogP contribution < -0.4 is 0 Å². The van der Waals surface area contributed by atoms with Crippen molar-refractivity contribution in [3.8, 4) is 0 Å². The molecule has 110 valence electrons. The summed E-state index contributed by atoms with van der Waals surface area (Å²) in [6, 6.07) is 3.90. The third-order valence-electron chi connectivity index (χ3n) is 3.19. The zero-order valence-corrected chi connectivity index (χ0v) is 13.3. The lowest BCUT2D eigenvalue weighted by Gasteiger charge is -2.36. The summed E-state index contributed by atoms with van der Waals surface area (Å²) in [5.74, 6) is 0. The summed E-state index contributed by atoms with van der Waals surface area (Å²) in [7, 11) is 0. The maximum absolute atomic E-state index is 12.7. The van der Waals surface area contributed by atoms with E-state index >= 15 is 0 Å². The Morgan fingerprint density at radius 1 is 1.20 bits per heavy atom. The van der Waals surface area contributed by atoms with Crippen molar-refractivity contribution in [3.05, 3.63) is 24.5 Å². The van der Waals surface area contributed by atoms with Gasteiger partial charge in [0.05, 0.1) is 4.90 Å². The van der Waals surface area contributed by atoms with Gasteiger partial charge in [-0.3, -0.25) is 4.98 Å².